The Balaban J connectivity index is 1.52. The Morgan fingerprint density at radius 1 is 1.19 bits per heavy atom. The fourth-order valence-electron chi connectivity index (χ4n) is 2.65. The summed E-state index contributed by atoms with van der Waals surface area (Å²) in [6.45, 7) is 2.20. The molecule has 0 atom stereocenters. The molecule has 0 fully saturated rings. The van der Waals surface area contributed by atoms with E-state index in [1.54, 1.807) is 35.1 Å². The molecule has 0 saturated heterocycles. The first-order valence-corrected chi connectivity index (χ1v) is 8.00. The number of benzene rings is 1. The van der Waals surface area contributed by atoms with Crippen molar-refractivity contribution in [1.82, 2.24) is 25.1 Å². The standard InChI is InChI=1S/C18H16N6O2/c1-11-2-7-14(26-11)8-20-18(25)12-3-5-13(6-4-12)24-17-15(9-23-24)16(19)21-10-22-17/h2-7,9-10H,8H2,1H3,(H,20,25)(H2,19,21,22). The number of nitrogen functional groups attached to an aromatic ring is 1. The molecule has 3 aromatic heterocycles. The second kappa shape index (κ2) is 6.32. The van der Waals surface area contributed by atoms with Crippen molar-refractivity contribution in [1.29, 1.82) is 0 Å². The first-order chi connectivity index (χ1) is 12.6. The molecule has 8 nitrogen and oxygen atoms in total. The van der Waals surface area contributed by atoms with Crippen LogP contribution in [0.4, 0.5) is 5.82 Å². The fraction of sp³-hybridized carbons (Fsp3) is 0.111. The van der Waals surface area contributed by atoms with E-state index >= 15 is 0 Å². The summed E-state index contributed by atoms with van der Waals surface area (Å²) in [5, 5.41) is 7.81. The molecule has 0 bridgehead atoms. The lowest BCUT2D eigenvalue weighted by molar-refractivity contribution is 0.0948. The van der Waals surface area contributed by atoms with E-state index in [1.807, 2.05) is 19.1 Å². The van der Waals surface area contributed by atoms with E-state index in [2.05, 4.69) is 20.4 Å². The number of carbonyl (C=O) groups excluding carboxylic acids is 1. The van der Waals surface area contributed by atoms with E-state index in [0.717, 1.165) is 11.4 Å². The number of anilines is 1. The van der Waals surface area contributed by atoms with E-state index < -0.39 is 0 Å². The smallest absolute Gasteiger partial charge is 0.251 e. The summed E-state index contributed by atoms with van der Waals surface area (Å²) >= 11 is 0. The van der Waals surface area contributed by atoms with Crippen LogP contribution < -0.4 is 11.1 Å². The molecule has 3 N–H and O–H groups in total. The van der Waals surface area contributed by atoms with Crippen molar-refractivity contribution in [3.63, 3.8) is 0 Å². The third-order valence-corrected chi connectivity index (χ3v) is 3.99. The van der Waals surface area contributed by atoms with Gasteiger partial charge in [-0.25, -0.2) is 14.6 Å². The highest BCUT2D eigenvalue weighted by Crippen LogP contribution is 2.19. The number of fused-ring (bicyclic) bond motifs is 1. The maximum absolute atomic E-state index is 12.3. The summed E-state index contributed by atoms with van der Waals surface area (Å²) < 4.78 is 7.09. The predicted molar refractivity (Wildman–Crippen MR) is 95.7 cm³/mol. The average molecular weight is 348 g/mol. The molecule has 3 heterocycles. The number of aromatic nitrogens is 4. The van der Waals surface area contributed by atoms with Crippen LogP contribution in [0.5, 0.6) is 0 Å². The first-order valence-electron chi connectivity index (χ1n) is 8.00. The van der Waals surface area contributed by atoms with Crippen LogP contribution >= 0.6 is 0 Å². The molecule has 0 spiro atoms. The highest BCUT2D eigenvalue weighted by molar-refractivity contribution is 5.94. The number of carbonyl (C=O) groups is 1. The van der Waals surface area contributed by atoms with Gasteiger partial charge in [0, 0.05) is 5.56 Å². The van der Waals surface area contributed by atoms with Gasteiger partial charge >= 0.3 is 0 Å². The van der Waals surface area contributed by atoms with Crippen LogP contribution in [0, 0.1) is 6.92 Å². The number of nitrogens with one attached hydrogen (secondary N) is 1. The van der Waals surface area contributed by atoms with Crippen molar-refractivity contribution in [2.24, 2.45) is 0 Å². The van der Waals surface area contributed by atoms with Crippen molar-refractivity contribution >= 4 is 22.8 Å². The van der Waals surface area contributed by atoms with Crippen LogP contribution in [0.1, 0.15) is 21.9 Å². The van der Waals surface area contributed by atoms with E-state index in [-0.39, 0.29) is 5.91 Å². The van der Waals surface area contributed by atoms with Gasteiger partial charge in [0.2, 0.25) is 0 Å². The van der Waals surface area contributed by atoms with Crippen LogP contribution in [-0.2, 0) is 6.54 Å². The largest absolute Gasteiger partial charge is 0.465 e. The Bertz CT molecular complexity index is 1080. The number of nitrogens with two attached hydrogens (primary N) is 1. The average Bonchev–Trinajstić information content (AvgIpc) is 3.27. The van der Waals surface area contributed by atoms with Crippen LogP contribution in [0.15, 0.2) is 53.3 Å². The molecule has 4 aromatic rings. The summed E-state index contributed by atoms with van der Waals surface area (Å²) in [6.07, 6.45) is 3.02. The number of aryl methyl sites for hydroxylation is 1. The Kier molecular flexibility index (Phi) is 3.85. The number of amides is 1. The maximum Gasteiger partial charge on any atom is 0.251 e. The molecule has 26 heavy (non-hydrogen) atoms. The van der Waals surface area contributed by atoms with E-state index in [0.29, 0.717) is 34.7 Å². The van der Waals surface area contributed by atoms with Gasteiger partial charge in [0.05, 0.1) is 23.8 Å². The van der Waals surface area contributed by atoms with E-state index in [4.69, 9.17) is 10.2 Å². The molecule has 1 aromatic carbocycles. The molecule has 0 saturated carbocycles. The number of nitrogens with zero attached hydrogens (tertiary/aromatic N) is 4. The van der Waals surface area contributed by atoms with Crippen molar-refractivity contribution in [2.75, 3.05) is 5.73 Å². The Hall–Kier alpha value is -3.68. The Morgan fingerprint density at radius 2 is 2.00 bits per heavy atom. The highest BCUT2D eigenvalue weighted by atomic mass is 16.3. The second-order valence-corrected chi connectivity index (χ2v) is 5.79. The van der Waals surface area contributed by atoms with Crippen LogP contribution in [-0.4, -0.2) is 25.7 Å². The number of furan rings is 1. The molecular weight excluding hydrogens is 332 g/mol. The number of hydrogen-bond acceptors (Lipinski definition) is 6. The van der Waals surface area contributed by atoms with Gasteiger partial charge < -0.3 is 15.5 Å². The van der Waals surface area contributed by atoms with Gasteiger partial charge in [0.15, 0.2) is 5.65 Å². The van der Waals surface area contributed by atoms with Crippen LogP contribution in [0.2, 0.25) is 0 Å². The topological polar surface area (TPSA) is 112 Å². The SMILES string of the molecule is Cc1ccc(CNC(=O)c2ccc(-n3ncc4c(N)ncnc43)cc2)o1. The quantitative estimate of drug-likeness (QED) is 0.585. The summed E-state index contributed by atoms with van der Waals surface area (Å²) in [5.74, 6) is 1.73. The summed E-state index contributed by atoms with van der Waals surface area (Å²) in [6, 6.07) is 10.8. The van der Waals surface area contributed by atoms with Crippen molar-refractivity contribution in [3.8, 4) is 5.69 Å². The molecule has 0 radical (unpaired) electrons. The molecule has 0 aliphatic heterocycles. The number of rotatable bonds is 4. The summed E-state index contributed by atoms with van der Waals surface area (Å²) in [5.41, 5.74) is 7.76. The molecule has 0 aliphatic rings. The molecule has 130 valence electrons. The lowest BCUT2D eigenvalue weighted by atomic mass is 10.2. The zero-order valence-electron chi connectivity index (χ0n) is 14.0. The molecule has 4 rings (SSSR count). The zero-order chi connectivity index (χ0) is 18.1. The minimum Gasteiger partial charge on any atom is -0.465 e. The number of hydrogen-bond donors (Lipinski definition) is 2. The Morgan fingerprint density at radius 3 is 2.73 bits per heavy atom. The van der Waals surface area contributed by atoms with Crippen molar-refractivity contribution < 1.29 is 9.21 Å². The van der Waals surface area contributed by atoms with Crippen LogP contribution in [0.25, 0.3) is 16.7 Å². The van der Waals surface area contributed by atoms with Gasteiger partial charge in [-0.1, -0.05) is 0 Å². The monoisotopic (exact) mass is 348 g/mol. The van der Waals surface area contributed by atoms with Gasteiger partial charge in [0.25, 0.3) is 5.91 Å². The first kappa shape index (κ1) is 15.8. The second-order valence-electron chi connectivity index (χ2n) is 5.79. The molecule has 0 unspecified atom stereocenters. The minimum atomic E-state index is -0.178. The molecule has 1 amide bonds. The molecule has 8 heteroatoms. The van der Waals surface area contributed by atoms with Crippen LogP contribution in [0.3, 0.4) is 0 Å². The molecular formula is C18H16N6O2. The Labute approximate surface area is 148 Å². The van der Waals surface area contributed by atoms with Crippen molar-refractivity contribution in [2.45, 2.75) is 13.5 Å². The lowest BCUT2D eigenvalue weighted by Gasteiger charge is -2.06. The third kappa shape index (κ3) is 2.88. The molecule has 0 aliphatic carbocycles. The van der Waals surface area contributed by atoms with E-state index in [1.165, 1.54) is 6.33 Å². The maximum atomic E-state index is 12.3. The van der Waals surface area contributed by atoms with Gasteiger partial charge in [-0.2, -0.15) is 5.10 Å². The van der Waals surface area contributed by atoms with Gasteiger partial charge in [0.1, 0.15) is 23.7 Å². The van der Waals surface area contributed by atoms with Crippen molar-refractivity contribution in [3.05, 3.63) is 66.0 Å². The lowest BCUT2D eigenvalue weighted by Crippen LogP contribution is -2.22. The fourth-order valence-corrected chi connectivity index (χ4v) is 2.65. The van der Waals surface area contributed by atoms with E-state index in [9.17, 15) is 4.79 Å². The van der Waals surface area contributed by atoms with Gasteiger partial charge in [-0.15, -0.1) is 0 Å². The third-order valence-electron chi connectivity index (χ3n) is 3.99. The predicted octanol–water partition coefficient (Wildman–Crippen LogP) is 2.23. The summed E-state index contributed by atoms with van der Waals surface area (Å²) in [7, 11) is 0. The summed E-state index contributed by atoms with van der Waals surface area (Å²) in [4.78, 5) is 20.4. The highest BCUT2D eigenvalue weighted by Gasteiger charge is 2.11. The zero-order valence-corrected chi connectivity index (χ0v) is 14.0. The van der Waals surface area contributed by atoms with Gasteiger partial charge in [-0.3, -0.25) is 4.79 Å². The minimum absolute atomic E-state index is 0.178. The normalized spacial score (nSPS) is 11.0. The van der Waals surface area contributed by atoms with Gasteiger partial charge in [-0.05, 0) is 43.3 Å².